The van der Waals surface area contributed by atoms with Crippen LogP contribution in [0.5, 0.6) is 11.5 Å². The van der Waals surface area contributed by atoms with Crippen molar-refractivity contribution in [1.82, 2.24) is 14.5 Å². The number of aromatic nitrogens is 3. The van der Waals surface area contributed by atoms with Gasteiger partial charge in [0.05, 0.1) is 32.0 Å². The molecule has 0 fully saturated rings. The molecule has 0 aliphatic carbocycles. The van der Waals surface area contributed by atoms with E-state index < -0.39 is 0 Å². The highest BCUT2D eigenvalue weighted by molar-refractivity contribution is 5.87. The topological polar surface area (TPSA) is 81.4 Å². The summed E-state index contributed by atoms with van der Waals surface area (Å²) in [7, 11) is 3.29. The van der Waals surface area contributed by atoms with Gasteiger partial charge in [0, 0.05) is 41.4 Å². The molecule has 0 saturated heterocycles. The lowest BCUT2D eigenvalue weighted by atomic mass is 10.1. The monoisotopic (exact) mass is 418 g/mol. The second-order valence-electron chi connectivity index (χ2n) is 7.23. The zero-order chi connectivity index (χ0) is 21.8. The van der Waals surface area contributed by atoms with Crippen molar-refractivity contribution >= 4 is 16.7 Å². The van der Waals surface area contributed by atoms with Crippen LogP contribution in [0.25, 0.3) is 22.2 Å². The average Bonchev–Trinajstić information content (AvgIpc) is 3.14. The summed E-state index contributed by atoms with van der Waals surface area (Å²) in [4.78, 5) is 8.73. The summed E-state index contributed by atoms with van der Waals surface area (Å²) in [5.74, 6) is 2.27. The standard InChI is InChI=1S/C24H26N4O3/c1-16-11-19-21(5-4-6-22(19)30-2)28(16)10-9-25-24-13-20(26-15-27-24)17-7-8-18(14-29)23(12-17)31-3/h4-8,11-13,15,29H,9-10,14H2,1-3H3,(H,25,26,27). The molecule has 2 aromatic carbocycles. The van der Waals surface area contributed by atoms with E-state index in [1.807, 2.05) is 36.4 Å². The summed E-state index contributed by atoms with van der Waals surface area (Å²) >= 11 is 0. The number of fused-ring (bicyclic) bond motifs is 1. The molecule has 0 atom stereocenters. The van der Waals surface area contributed by atoms with Crippen molar-refractivity contribution in [3.05, 3.63) is 66.1 Å². The molecule has 7 heteroatoms. The number of benzene rings is 2. The summed E-state index contributed by atoms with van der Waals surface area (Å²) in [6.45, 7) is 3.54. The third-order valence-electron chi connectivity index (χ3n) is 5.39. The Morgan fingerprint density at radius 2 is 1.84 bits per heavy atom. The minimum atomic E-state index is -0.0700. The molecule has 2 N–H and O–H groups in total. The number of aryl methyl sites for hydroxylation is 1. The summed E-state index contributed by atoms with van der Waals surface area (Å²) < 4.78 is 13.1. The van der Waals surface area contributed by atoms with E-state index in [2.05, 4.69) is 38.9 Å². The lowest BCUT2D eigenvalue weighted by molar-refractivity contribution is 0.274. The molecule has 0 aliphatic rings. The first-order valence-corrected chi connectivity index (χ1v) is 10.1. The van der Waals surface area contributed by atoms with Gasteiger partial charge in [-0.2, -0.15) is 0 Å². The van der Waals surface area contributed by atoms with Crippen molar-refractivity contribution in [2.75, 3.05) is 26.1 Å². The highest BCUT2D eigenvalue weighted by Crippen LogP contribution is 2.29. The van der Waals surface area contributed by atoms with Gasteiger partial charge in [0.25, 0.3) is 0 Å². The van der Waals surface area contributed by atoms with E-state index in [1.165, 1.54) is 5.69 Å². The van der Waals surface area contributed by atoms with Crippen molar-refractivity contribution < 1.29 is 14.6 Å². The second kappa shape index (κ2) is 9.06. The Balaban J connectivity index is 1.50. The van der Waals surface area contributed by atoms with Crippen LogP contribution in [-0.2, 0) is 13.2 Å². The zero-order valence-corrected chi connectivity index (χ0v) is 17.9. The van der Waals surface area contributed by atoms with Gasteiger partial charge in [-0.25, -0.2) is 9.97 Å². The van der Waals surface area contributed by atoms with Gasteiger partial charge in [-0.3, -0.25) is 0 Å². The molecule has 7 nitrogen and oxygen atoms in total. The molecule has 0 aliphatic heterocycles. The maximum absolute atomic E-state index is 9.42. The maximum atomic E-state index is 9.42. The summed E-state index contributed by atoms with van der Waals surface area (Å²) in [6.07, 6.45) is 1.55. The van der Waals surface area contributed by atoms with Crippen LogP contribution < -0.4 is 14.8 Å². The van der Waals surface area contributed by atoms with E-state index in [1.54, 1.807) is 20.5 Å². The molecular weight excluding hydrogens is 392 g/mol. The Kier molecular flexibility index (Phi) is 6.04. The molecule has 31 heavy (non-hydrogen) atoms. The average molecular weight is 418 g/mol. The molecule has 0 unspecified atom stereocenters. The number of ether oxygens (including phenoxy) is 2. The third kappa shape index (κ3) is 4.18. The predicted molar refractivity (Wildman–Crippen MR) is 122 cm³/mol. The van der Waals surface area contributed by atoms with Crippen molar-refractivity contribution in [2.45, 2.75) is 20.1 Å². The highest BCUT2D eigenvalue weighted by Gasteiger charge is 2.10. The molecule has 0 radical (unpaired) electrons. The Morgan fingerprint density at radius 3 is 2.61 bits per heavy atom. The van der Waals surface area contributed by atoms with Gasteiger partial charge < -0.3 is 24.5 Å². The number of hydrogen-bond acceptors (Lipinski definition) is 6. The molecule has 2 aromatic heterocycles. The van der Waals surface area contributed by atoms with Crippen LogP contribution >= 0.6 is 0 Å². The fourth-order valence-corrected chi connectivity index (χ4v) is 3.81. The fourth-order valence-electron chi connectivity index (χ4n) is 3.81. The summed E-state index contributed by atoms with van der Waals surface area (Å²) in [5.41, 5.74) is 4.76. The van der Waals surface area contributed by atoms with Crippen LogP contribution in [-0.4, -0.2) is 40.4 Å². The first-order valence-electron chi connectivity index (χ1n) is 10.1. The molecular formula is C24H26N4O3. The van der Waals surface area contributed by atoms with Gasteiger partial charge in [0.15, 0.2) is 0 Å². The van der Waals surface area contributed by atoms with Crippen LogP contribution in [0.4, 0.5) is 5.82 Å². The number of nitrogens with zero attached hydrogens (tertiary/aromatic N) is 3. The lowest BCUT2D eigenvalue weighted by Gasteiger charge is -2.12. The molecule has 0 bridgehead atoms. The molecule has 2 heterocycles. The molecule has 4 rings (SSSR count). The van der Waals surface area contributed by atoms with E-state index in [9.17, 15) is 5.11 Å². The Hall–Kier alpha value is -3.58. The number of aliphatic hydroxyl groups is 1. The number of hydrogen-bond donors (Lipinski definition) is 2. The summed E-state index contributed by atoms with van der Waals surface area (Å²) in [5, 5.41) is 13.9. The largest absolute Gasteiger partial charge is 0.496 e. The molecule has 4 aromatic rings. The van der Waals surface area contributed by atoms with Crippen LogP contribution in [0.15, 0.2) is 54.9 Å². The Bertz CT molecular complexity index is 1200. The predicted octanol–water partition coefficient (Wildman–Crippen LogP) is 4.03. The maximum Gasteiger partial charge on any atom is 0.130 e. The van der Waals surface area contributed by atoms with Crippen molar-refractivity contribution in [2.24, 2.45) is 0 Å². The van der Waals surface area contributed by atoms with Gasteiger partial charge in [-0.1, -0.05) is 18.2 Å². The first-order chi connectivity index (χ1) is 15.1. The van der Waals surface area contributed by atoms with E-state index in [-0.39, 0.29) is 6.61 Å². The van der Waals surface area contributed by atoms with E-state index in [0.29, 0.717) is 12.3 Å². The third-order valence-corrected chi connectivity index (χ3v) is 5.39. The smallest absolute Gasteiger partial charge is 0.130 e. The van der Waals surface area contributed by atoms with Gasteiger partial charge in [-0.05, 0) is 31.2 Å². The van der Waals surface area contributed by atoms with Crippen LogP contribution in [0.3, 0.4) is 0 Å². The van der Waals surface area contributed by atoms with Crippen LogP contribution in [0.1, 0.15) is 11.3 Å². The highest BCUT2D eigenvalue weighted by atomic mass is 16.5. The number of aliphatic hydroxyl groups excluding tert-OH is 1. The van der Waals surface area contributed by atoms with Crippen molar-refractivity contribution in [3.63, 3.8) is 0 Å². The molecule has 0 amide bonds. The minimum Gasteiger partial charge on any atom is -0.496 e. The minimum absolute atomic E-state index is 0.0700. The number of methoxy groups -OCH3 is 2. The van der Waals surface area contributed by atoms with Gasteiger partial charge in [0.1, 0.15) is 23.6 Å². The molecule has 0 saturated carbocycles. The Morgan fingerprint density at radius 1 is 1.00 bits per heavy atom. The number of nitrogens with one attached hydrogen (secondary N) is 1. The van der Waals surface area contributed by atoms with E-state index in [4.69, 9.17) is 9.47 Å². The van der Waals surface area contributed by atoms with E-state index in [0.717, 1.165) is 45.8 Å². The second-order valence-corrected chi connectivity index (χ2v) is 7.23. The van der Waals surface area contributed by atoms with Gasteiger partial charge in [-0.15, -0.1) is 0 Å². The number of rotatable bonds is 8. The van der Waals surface area contributed by atoms with Gasteiger partial charge in [0.2, 0.25) is 0 Å². The zero-order valence-electron chi connectivity index (χ0n) is 17.9. The molecule has 160 valence electrons. The normalized spacial score (nSPS) is 11.0. The van der Waals surface area contributed by atoms with Crippen molar-refractivity contribution in [3.8, 4) is 22.8 Å². The quantitative estimate of drug-likeness (QED) is 0.450. The molecule has 0 spiro atoms. The lowest BCUT2D eigenvalue weighted by Crippen LogP contribution is -2.12. The van der Waals surface area contributed by atoms with Crippen LogP contribution in [0.2, 0.25) is 0 Å². The SMILES string of the molecule is COc1cc(-c2cc(NCCn3c(C)cc4c(OC)cccc43)ncn2)ccc1CO. The van der Waals surface area contributed by atoms with E-state index >= 15 is 0 Å². The van der Waals surface area contributed by atoms with Gasteiger partial charge >= 0.3 is 0 Å². The van der Waals surface area contributed by atoms with Crippen molar-refractivity contribution in [1.29, 1.82) is 0 Å². The summed E-state index contributed by atoms with van der Waals surface area (Å²) in [6, 6.07) is 15.8. The van der Waals surface area contributed by atoms with Crippen LogP contribution in [0, 0.1) is 6.92 Å². The first kappa shape index (κ1) is 20.7. The fraction of sp³-hybridized carbons (Fsp3) is 0.250. The Labute approximate surface area is 181 Å². The number of anilines is 1.